The van der Waals surface area contributed by atoms with Crippen molar-refractivity contribution in [3.05, 3.63) is 11.1 Å². The van der Waals surface area contributed by atoms with Crippen molar-refractivity contribution in [2.45, 2.75) is 78.9 Å². The number of fused-ring (bicyclic) bond motifs is 4. The third-order valence-corrected chi connectivity index (χ3v) is 8.26. The van der Waals surface area contributed by atoms with E-state index in [0.29, 0.717) is 17.4 Å². The molecule has 124 valence electrons. The molecule has 22 heavy (non-hydrogen) atoms. The van der Waals surface area contributed by atoms with Gasteiger partial charge >= 0.3 is 0 Å². The molecule has 1 heterocycles. The van der Waals surface area contributed by atoms with Crippen LogP contribution in [0.25, 0.3) is 0 Å². The van der Waals surface area contributed by atoms with E-state index < -0.39 is 6.29 Å². The number of rotatable bonds is 0. The topological polar surface area (TPSA) is 29.5 Å². The van der Waals surface area contributed by atoms with E-state index in [-0.39, 0.29) is 5.41 Å². The lowest BCUT2D eigenvalue weighted by Crippen LogP contribution is -2.56. The van der Waals surface area contributed by atoms with Crippen molar-refractivity contribution in [1.82, 2.24) is 0 Å². The predicted octanol–water partition coefficient (Wildman–Crippen LogP) is 4.67. The molecule has 0 aromatic heterocycles. The molecular formula is C20H32O2. The molecule has 1 N–H and O–H groups in total. The molecule has 0 bridgehead atoms. The second-order valence-corrected chi connectivity index (χ2v) is 9.62. The summed E-state index contributed by atoms with van der Waals surface area (Å²) in [4.78, 5) is 0. The third kappa shape index (κ3) is 1.80. The molecule has 1 aliphatic heterocycles. The molecule has 0 saturated heterocycles. The molecule has 2 nitrogen and oxygen atoms in total. The number of aliphatic hydroxyl groups is 1. The molecule has 0 amide bonds. The van der Waals surface area contributed by atoms with Gasteiger partial charge in [-0.05, 0) is 77.8 Å². The van der Waals surface area contributed by atoms with Crippen molar-refractivity contribution in [1.29, 1.82) is 0 Å². The number of ether oxygens (including phenoxy) is 1. The fourth-order valence-corrected chi connectivity index (χ4v) is 7.27. The van der Waals surface area contributed by atoms with Gasteiger partial charge in [0.1, 0.15) is 0 Å². The highest BCUT2D eigenvalue weighted by molar-refractivity contribution is 5.33. The fraction of sp³-hybridized carbons (Fsp3) is 0.900. The Bertz CT molecular complexity index is 520. The average Bonchev–Trinajstić information content (AvgIpc) is 2.80. The van der Waals surface area contributed by atoms with Gasteiger partial charge in [0, 0.05) is 0 Å². The lowest BCUT2D eigenvalue weighted by Gasteiger charge is -2.64. The van der Waals surface area contributed by atoms with Gasteiger partial charge in [-0.2, -0.15) is 0 Å². The Kier molecular flexibility index (Phi) is 3.18. The average molecular weight is 304 g/mol. The quantitative estimate of drug-likeness (QED) is 0.659. The third-order valence-electron chi connectivity index (χ3n) is 8.26. The lowest BCUT2D eigenvalue weighted by molar-refractivity contribution is -0.123. The first-order chi connectivity index (χ1) is 10.3. The van der Waals surface area contributed by atoms with Crippen molar-refractivity contribution in [2.75, 3.05) is 6.61 Å². The van der Waals surface area contributed by atoms with Gasteiger partial charge in [-0.25, -0.2) is 0 Å². The fourth-order valence-electron chi connectivity index (χ4n) is 7.27. The summed E-state index contributed by atoms with van der Waals surface area (Å²) in [6.07, 6.45) is 8.51. The largest absolute Gasteiger partial charge is 0.364 e. The minimum Gasteiger partial charge on any atom is -0.364 e. The highest BCUT2D eigenvalue weighted by Gasteiger charge is 2.60. The Balaban J connectivity index is 1.76. The maximum atomic E-state index is 10.1. The van der Waals surface area contributed by atoms with Gasteiger partial charge in [-0.3, -0.25) is 0 Å². The first-order valence-electron chi connectivity index (χ1n) is 9.31. The minimum atomic E-state index is -0.610. The molecule has 0 spiro atoms. The van der Waals surface area contributed by atoms with E-state index in [2.05, 4.69) is 27.7 Å². The number of hydrogen-bond acceptors (Lipinski definition) is 2. The number of hydrogen-bond donors (Lipinski definition) is 1. The van der Waals surface area contributed by atoms with Crippen molar-refractivity contribution in [3.8, 4) is 0 Å². The zero-order chi connectivity index (χ0) is 15.8. The van der Waals surface area contributed by atoms with Crippen LogP contribution in [-0.4, -0.2) is 18.0 Å². The van der Waals surface area contributed by atoms with Crippen molar-refractivity contribution in [3.63, 3.8) is 0 Å². The summed E-state index contributed by atoms with van der Waals surface area (Å²) >= 11 is 0. The predicted molar refractivity (Wildman–Crippen MR) is 88.3 cm³/mol. The maximum absolute atomic E-state index is 10.1. The maximum Gasteiger partial charge on any atom is 0.177 e. The molecule has 4 rings (SSSR count). The van der Waals surface area contributed by atoms with E-state index in [1.54, 1.807) is 0 Å². The Labute approximate surface area is 135 Å². The van der Waals surface area contributed by atoms with Crippen molar-refractivity contribution < 1.29 is 9.84 Å². The Morgan fingerprint density at radius 1 is 1.00 bits per heavy atom. The molecule has 5 atom stereocenters. The highest BCUT2D eigenvalue weighted by Crippen LogP contribution is 2.68. The van der Waals surface area contributed by atoms with E-state index in [9.17, 15) is 5.11 Å². The smallest absolute Gasteiger partial charge is 0.177 e. The summed E-state index contributed by atoms with van der Waals surface area (Å²) in [5.74, 6) is 1.63. The zero-order valence-electron chi connectivity index (χ0n) is 14.7. The van der Waals surface area contributed by atoms with E-state index in [1.165, 1.54) is 49.7 Å². The van der Waals surface area contributed by atoms with E-state index in [4.69, 9.17) is 4.74 Å². The lowest BCUT2D eigenvalue weighted by atomic mass is 9.40. The van der Waals surface area contributed by atoms with Crippen LogP contribution < -0.4 is 0 Å². The molecular weight excluding hydrogens is 272 g/mol. The van der Waals surface area contributed by atoms with Gasteiger partial charge in [0.05, 0.1) is 6.61 Å². The molecule has 2 fully saturated rings. The van der Waals surface area contributed by atoms with Crippen LogP contribution in [-0.2, 0) is 4.74 Å². The van der Waals surface area contributed by atoms with Gasteiger partial charge in [-0.1, -0.05) is 34.1 Å². The SMILES string of the molecule is CC1(C)CCC[C@]2(C)[C@H]3CCC4=C(COC4O)[C@]3(C)CC[C@@H]12. The van der Waals surface area contributed by atoms with Crippen LogP contribution in [0, 0.1) is 28.1 Å². The van der Waals surface area contributed by atoms with Crippen LogP contribution in [0.2, 0.25) is 0 Å². The molecule has 3 aliphatic carbocycles. The summed E-state index contributed by atoms with van der Waals surface area (Å²) < 4.78 is 5.61. The molecule has 0 aromatic rings. The highest BCUT2D eigenvalue weighted by atomic mass is 16.6. The van der Waals surface area contributed by atoms with Crippen LogP contribution in [0.15, 0.2) is 11.1 Å². The summed E-state index contributed by atoms with van der Waals surface area (Å²) in [5.41, 5.74) is 3.94. The van der Waals surface area contributed by atoms with Gasteiger partial charge in [0.25, 0.3) is 0 Å². The number of aliphatic hydroxyl groups excluding tert-OH is 1. The van der Waals surface area contributed by atoms with Crippen LogP contribution in [0.4, 0.5) is 0 Å². The second kappa shape index (κ2) is 4.60. The Morgan fingerprint density at radius 3 is 2.55 bits per heavy atom. The van der Waals surface area contributed by atoms with Gasteiger partial charge < -0.3 is 9.84 Å². The zero-order valence-corrected chi connectivity index (χ0v) is 14.7. The first-order valence-corrected chi connectivity index (χ1v) is 9.31. The molecule has 2 saturated carbocycles. The van der Waals surface area contributed by atoms with Gasteiger partial charge in [-0.15, -0.1) is 0 Å². The molecule has 0 aromatic carbocycles. The summed E-state index contributed by atoms with van der Waals surface area (Å²) in [6.45, 7) is 10.8. The normalized spacial score (nSPS) is 50.3. The van der Waals surface area contributed by atoms with Crippen LogP contribution >= 0.6 is 0 Å². The van der Waals surface area contributed by atoms with Crippen LogP contribution in [0.1, 0.15) is 72.6 Å². The van der Waals surface area contributed by atoms with Crippen LogP contribution in [0.5, 0.6) is 0 Å². The van der Waals surface area contributed by atoms with Crippen molar-refractivity contribution in [2.24, 2.45) is 28.1 Å². The van der Waals surface area contributed by atoms with Crippen LogP contribution in [0.3, 0.4) is 0 Å². The van der Waals surface area contributed by atoms with E-state index in [0.717, 1.165) is 18.3 Å². The molecule has 1 unspecified atom stereocenters. The standard InChI is InChI=1S/C20H32O2/c1-18(2)9-5-10-20(4)15(18)8-11-19(3)14-12-22-17(21)13(14)6-7-16(19)20/h15-17,21H,5-12H2,1-4H3/t15-,16-,17?,19-,20-/m0/s1. The summed E-state index contributed by atoms with van der Waals surface area (Å²) in [7, 11) is 0. The Morgan fingerprint density at radius 2 is 1.77 bits per heavy atom. The monoisotopic (exact) mass is 304 g/mol. The van der Waals surface area contributed by atoms with E-state index >= 15 is 0 Å². The molecule has 4 aliphatic rings. The van der Waals surface area contributed by atoms with Gasteiger partial charge in [0.2, 0.25) is 0 Å². The van der Waals surface area contributed by atoms with Crippen molar-refractivity contribution >= 4 is 0 Å². The first kappa shape index (κ1) is 15.2. The summed E-state index contributed by atoms with van der Waals surface area (Å²) in [5, 5.41) is 10.1. The minimum absolute atomic E-state index is 0.268. The molecule has 2 heteroatoms. The van der Waals surface area contributed by atoms with E-state index in [1.807, 2.05) is 0 Å². The molecule has 0 radical (unpaired) electrons. The van der Waals surface area contributed by atoms with Gasteiger partial charge in [0.15, 0.2) is 6.29 Å². The Hall–Kier alpha value is -0.340. The second-order valence-electron chi connectivity index (χ2n) is 9.62. The summed E-state index contributed by atoms with van der Waals surface area (Å²) in [6, 6.07) is 0.